The summed E-state index contributed by atoms with van der Waals surface area (Å²) in [5, 5.41) is 1.09. The highest BCUT2D eigenvalue weighted by molar-refractivity contribution is 8.00. The van der Waals surface area contributed by atoms with E-state index >= 15 is 0 Å². The Morgan fingerprint density at radius 2 is 1.22 bits per heavy atom. The molecule has 102 valence electrons. The second-order valence-electron chi connectivity index (χ2n) is 2.95. The number of hydrogen-bond acceptors (Lipinski definition) is 6. The van der Waals surface area contributed by atoms with Crippen molar-refractivity contribution in [1.29, 1.82) is 0 Å². The normalized spacial score (nSPS) is 11.8. The average Bonchev–Trinajstić information content (AvgIpc) is 2.26. The average molecular weight is 315 g/mol. The van der Waals surface area contributed by atoms with Crippen LogP contribution in [0.1, 0.15) is 13.8 Å². The first-order chi connectivity index (χ1) is 8.44. The van der Waals surface area contributed by atoms with Gasteiger partial charge in [0.2, 0.25) is 0 Å². The fraction of sp³-hybridized carbons (Fsp3) is 0.667. The van der Waals surface area contributed by atoms with Gasteiger partial charge >= 0.3 is 6.18 Å². The lowest BCUT2D eigenvalue weighted by atomic mass is 10.8. The molecule has 0 aromatic carbocycles. The Kier molecular flexibility index (Phi) is 6.58. The van der Waals surface area contributed by atoms with Crippen LogP contribution >= 0.6 is 35.3 Å². The molecule has 0 saturated heterocycles. The summed E-state index contributed by atoms with van der Waals surface area (Å²) in [6.45, 7) is 3.87. The summed E-state index contributed by atoms with van der Waals surface area (Å²) < 4.78 is 36.4. The first-order valence-electron chi connectivity index (χ1n) is 5.15. The molecule has 9 heteroatoms. The van der Waals surface area contributed by atoms with Gasteiger partial charge < -0.3 is 0 Å². The zero-order valence-corrected chi connectivity index (χ0v) is 12.3. The molecule has 0 aliphatic heterocycles. The molecule has 0 amide bonds. The molecule has 0 fully saturated rings. The fourth-order valence-electron chi connectivity index (χ4n) is 0.919. The van der Waals surface area contributed by atoms with Crippen LogP contribution in [0.15, 0.2) is 15.5 Å². The Hall–Kier alpha value is -0.150. The molecule has 0 bridgehead atoms. The lowest BCUT2D eigenvalue weighted by Gasteiger charge is -2.07. The minimum Gasteiger partial charge on any atom is -0.196 e. The van der Waals surface area contributed by atoms with E-state index in [9.17, 15) is 13.2 Å². The van der Waals surface area contributed by atoms with Crippen molar-refractivity contribution >= 4 is 35.3 Å². The van der Waals surface area contributed by atoms with E-state index in [1.54, 1.807) is 0 Å². The zero-order valence-electron chi connectivity index (χ0n) is 9.82. The van der Waals surface area contributed by atoms with Gasteiger partial charge in [-0.15, -0.1) is 0 Å². The number of thioether (sulfide) groups is 3. The maximum absolute atomic E-state index is 12.1. The van der Waals surface area contributed by atoms with Crippen LogP contribution < -0.4 is 0 Å². The van der Waals surface area contributed by atoms with E-state index in [1.165, 1.54) is 23.5 Å². The van der Waals surface area contributed by atoms with Gasteiger partial charge in [0, 0.05) is 0 Å². The van der Waals surface area contributed by atoms with Gasteiger partial charge in [-0.3, -0.25) is 0 Å². The third-order valence-electron chi connectivity index (χ3n) is 1.49. The van der Waals surface area contributed by atoms with Gasteiger partial charge in [0.25, 0.3) is 0 Å². The van der Waals surface area contributed by atoms with E-state index in [-0.39, 0.29) is 5.16 Å². The molecule has 0 aliphatic rings. The smallest absolute Gasteiger partial charge is 0.196 e. The van der Waals surface area contributed by atoms with Crippen LogP contribution in [-0.2, 0) is 0 Å². The molecule has 0 unspecified atom stereocenters. The number of nitrogens with zero attached hydrogens (tertiary/aromatic N) is 3. The lowest BCUT2D eigenvalue weighted by Crippen LogP contribution is -2.11. The molecule has 0 saturated carbocycles. The van der Waals surface area contributed by atoms with Crippen molar-refractivity contribution in [2.45, 2.75) is 35.5 Å². The first-order valence-corrected chi connectivity index (χ1v) is 8.11. The van der Waals surface area contributed by atoms with E-state index in [0.29, 0.717) is 22.1 Å². The van der Waals surface area contributed by atoms with Gasteiger partial charge in [-0.2, -0.15) is 28.1 Å². The van der Waals surface area contributed by atoms with E-state index in [4.69, 9.17) is 0 Å². The summed E-state index contributed by atoms with van der Waals surface area (Å²) in [5.74, 6) is 0.552. The Morgan fingerprint density at radius 3 is 1.56 bits per heavy atom. The first kappa shape index (κ1) is 15.9. The summed E-state index contributed by atoms with van der Waals surface area (Å²) >= 11 is 3.38. The molecule has 0 spiro atoms. The Bertz CT molecular complexity index is 363. The monoisotopic (exact) mass is 315 g/mol. The summed E-state index contributed by atoms with van der Waals surface area (Å²) in [4.78, 5) is 12.2. The van der Waals surface area contributed by atoms with Gasteiger partial charge in [-0.05, 0) is 11.5 Å². The second kappa shape index (κ2) is 7.44. The standard InChI is InChI=1S/C9H12F3N3S3/c1-3-16-6-13-7(17-4-2)15-8(14-6)18-5-9(10,11)12/h3-5H2,1-2H3. The van der Waals surface area contributed by atoms with Crippen molar-refractivity contribution in [3.63, 3.8) is 0 Å². The van der Waals surface area contributed by atoms with E-state index < -0.39 is 11.9 Å². The van der Waals surface area contributed by atoms with Crippen LogP contribution in [0.2, 0.25) is 0 Å². The fourth-order valence-corrected chi connectivity index (χ4v) is 2.81. The SMILES string of the molecule is CCSc1nc(SCC)nc(SCC(F)(F)F)n1. The van der Waals surface area contributed by atoms with Crippen LogP contribution in [-0.4, -0.2) is 38.4 Å². The molecule has 0 radical (unpaired) electrons. The number of aromatic nitrogens is 3. The molecule has 0 atom stereocenters. The molecule has 1 rings (SSSR count). The second-order valence-corrected chi connectivity index (χ2v) is 6.36. The highest BCUT2D eigenvalue weighted by atomic mass is 32.2. The van der Waals surface area contributed by atoms with Crippen LogP contribution in [0.3, 0.4) is 0 Å². The topological polar surface area (TPSA) is 38.7 Å². The van der Waals surface area contributed by atoms with Crippen molar-refractivity contribution in [2.24, 2.45) is 0 Å². The molecular weight excluding hydrogens is 303 g/mol. The van der Waals surface area contributed by atoms with Crippen LogP contribution in [0.25, 0.3) is 0 Å². The maximum Gasteiger partial charge on any atom is 0.398 e. The Balaban J connectivity index is 2.81. The molecule has 1 heterocycles. The minimum atomic E-state index is -4.21. The summed E-state index contributed by atoms with van der Waals surface area (Å²) in [5.41, 5.74) is 0. The number of alkyl halides is 3. The van der Waals surface area contributed by atoms with E-state index in [1.807, 2.05) is 13.8 Å². The van der Waals surface area contributed by atoms with Crippen LogP contribution in [0.4, 0.5) is 13.2 Å². The summed E-state index contributed by atoms with van der Waals surface area (Å²) in [6, 6.07) is 0. The lowest BCUT2D eigenvalue weighted by molar-refractivity contribution is -0.105. The highest BCUT2D eigenvalue weighted by Gasteiger charge is 2.28. The zero-order chi connectivity index (χ0) is 13.6. The van der Waals surface area contributed by atoms with Crippen molar-refractivity contribution in [2.75, 3.05) is 17.3 Å². The van der Waals surface area contributed by atoms with Crippen LogP contribution in [0, 0.1) is 0 Å². The number of rotatable bonds is 6. The van der Waals surface area contributed by atoms with Crippen molar-refractivity contribution in [1.82, 2.24) is 15.0 Å². The summed E-state index contributed by atoms with van der Waals surface area (Å²) in [7, 11) is 0. The van der Waals surface area contributed by atoms with E-state index in [0.717, 1.165) is 11.5 Å². The van der Waals surface area contributed by atoms with Crippen molar-refractivity contribution in [3.05, 3.63) is 0 Å². The quantitative estimate of drug-likeness (QED) is 0.744. The molecular formula is C9H12F3N3S3. The predicted octanol–water partition coefficient (Wildman–Crippen LogP) is 3.75. The van der Waals surface area contributed by atoms with Crippen molar-refractivity contribution < 1.29 is 13.2 Å². The van der Waals surface area contributed by atoms with Gasteiger partial charge in [0.05, 0.1) is 5.75 Å². The van der Waals surface area contributed by atoms with Gasteiger partial charge in [-0.1, -0.05) is 49.1 Å². The predicted molar refractivity (Wildman–Crippen MR) is 69.4 cm³/mol. The largest absolute Gasteiger partial charge is 0.398 e. The third kappa shape index (κ3) is 6.14. The van der Waals surface area contributed by atoms with E-state index in [2.05, 4.69) is 15.0 Å². The van der Waals surface area contributed by atoms with Gasteiger partial charge in [0.1, 0.15) is 0 Å². The summed E-state index contributed by atoms with van der Waals surface area (Å²) in [6.07, 6.45) is -4.21. The van der Waals surface area contributed by atoms with Gasteiger partial charge in [-0.25, -0.2) is 0 Å². The van der Waals surface area contributed by atoms with Crippen LogP contribution in [0.5, 0.6) is 0 Å². The maximum atomic E-state index is 12.1. The molecule has 0 N–H and O–H groups in total. The third-order valence-corrected chi connectivity index (χ3v) is 3.86. The highest BCUT2D eigenvalue weighted by Crippen LogP contribution is 2.27. The molecule has 1 aromatic rings. The van der Waals surface area contributed by atoms with Gasteiger partial charge in [0.15, 0.2) is 15.5 Å². The number of halogens is 3. The molecule has 3 nitrogen and oxygen atoms in total. The Morgan fingerprint density at radius 1 is 0.833 bits per heavy atom. The minimum absolute atomic E-state index is 0.134. The molecule has 1 aromatic heterocycles. The Labute approximate surface area is 116 Å². The number of hydrogen-bond donors (Lipinski definition) is 0. The molecule has 0 aliphatic carbocycles. The molecule has 18 heavy (non-hydrogen) atoms. The van der Waals surface area contributed by atoms with Crippen molar-refractivity contribution in [3.8, 4) is 0 Å².